The molecule has 0 aliphatic carbocycles. The van der Waals surface area contributed by atoms with E-state index in [0.29, 0.717) is 17.9 Å². The number of pyridine rings is 1. The number of nitrogens with zero attached hydrogens (tertiary/aromatic N) is 2. The Kier molecular flexibility index (Phi) is 8.89. The Hall–Kier alpha value is -4.65. The van der Waals surface area contributed by atoms with E-state index in [4.69, 9.17) is 18.9 Å². The second kappa shape index (κ2) is 12.5. The number of hydrogen-bond acceptors (Lipinski definition) is 9. The zero-order chi connectivity index (χ0) is 37.3. The van der Waals surface area contributed by atoms with Crippen LogP contribution in [0, 0.1) is 11.3 Å². The first-order valence-electron chi connectivity index (χ1n) is 16.8. The number of methoxy groups -OCH3 is 2. The number of fused-ring (bicyclic) bond motifs is 2. The van der Waals surface area contributed by atoms with E-state index >= 15 is 4.79 Å². The number of alkyl halides is 2. The Morgan fingerprint density at radius 3 is 2.31 bits per heavy atom. The molecule has 1 fully saturated rings. The van der Waals surface area contributed by atoms with Crippen molar-refractivity contribution in [2.45, 2.75) is 90.3 Å². The molecule has 1 aromatic heterocycles. The molecule has 5 atom stereocenters. The molecule has 0 unspecified atom stereocenters. The van der Waals surface area contributed by atoms with E-state index < -0.39 is 53.0 Å². The molecular formula is C38H45F2N3O8. The molecule has 2 N–H and O–H groups in total. The molecule has 1 amide bonds. The number of aliphatic carboxylic acids is 1. The summed E-state index contributed by atoms with van der Waals surface area (Å²) in [5.41, 5.74) is 0.458. The lowest BCUT2D eigenvalue weighted by Crippen LogP contribution is -2.53. The van der Waals surface area contributed by atoms with Gasteiger partial charge in [0.05, 0.1) is 20.3 Å². The van der Waals surface area contributed by atoms with Crippen molar-refractivity contribution in [3.63, 3.8) is 0 Å². The summed E-state index contributed by atoms with van der Waals surface area (Å²) >= 11 is 0. The summed E-state index contributed by atoms with van der Waals surface area (Å²) in [4.78, 5) is 34.6. The summed E-state index contributed by atoms with van der Waals surface area (Å²) in [5, 5.41) is 14.7. The van der Waals surface area contributed by atoms with Gasteiger partial charge in [0.25, 0.3) is 0 Å². The van der Waals surface area contributed by atoms with Gasteiger partial charge in [0.1, 0.15) is 29.6 Å². The predicted molar refractivity (Wildman–Crippen MR) is 183 cm³/mol. The smallest absolute Gasteiger partial charge is 0.496 e. The van der Waals surface area contributed by atoms with E-state index in [9.17, 15) is 18.7 Å². The van der Waals surface area contributed by atoms with Crippen LogP contribution in [0.3, 0.4) is 0 Å². The number of carboxylic acids is 1. The molecule has 0 radical (unpaired) electrons. The number of halogens is 2. The second-order valence-electron chi connectivity index (χ2n) is 15.7. The molecule has 11 nitrogen and oxygen atoms in total. The number of nitrogens with one attached hydrogen (secondary N) is 1. The first-order chi connectivity index (χ1) is 23.8. The number of likely N-dealkylation sites (tertiary alicyclic amines) is 1. The molecule has 0 bridgehead atoms. The van der Waals surface area contributed by atoms with Crippen molar-refractivity contribution in [3.05, 3.63) is 70.9 Å². The Morgan fingerprint density at radius 2 is 1.71 bits per heavy atom. The quantitative estimate of drug-likeness (QED) is 0.278. The number of rotatable bonds is 8. The average Bonchev–Trinajstić information content (AvgIpc) is 3.69. The summed E-state index contributed by atoms with van der Waals surface area (Å²) in [6.45, 7) is 13.9. The van der Waals surface area contributed by atoms with Gasteiger partial charge in [-0.05, 0) is 47.6 Å². The summed E-state index contributed by atoms with van der Waals surface area (Å²) < 4.78 is 54.8. The van der Waals surface area contributed by atoms with Crippen molar-refractivity contribution >= 4 is 11.9 Å². The zero-order valence-electron chi connectivity index (χ0n) is 30.3. The third-order valence-electron chi connectivity index (χ3n) is 10.2. The molecule has 3 aliphatic rings. The van der Waals surface area contributed by atoms with Crippen LogP contribution in [0.5, 0.6) is 28.9 Å². The lowest BCUT2D eigenvalue weighted by molar-refractivity contribution is -0.286. The summed E-state index contributed by atoms with van der Waals surface area (Å²) in [6, 6.07) is 9.22. The third-order valence-corrected chi connectivity index (χ3v) is 10.2. The summed E-state index contributed by atoms with van der Waals surface area (Å²) in [7, 11) is 3.07. The maximum atomic E-state index is 15.3. The van der Waals surface area contributed by atoms with Crippen LogP contribution >= 0.6 is 0 Å². The fourth-order valence-electron chi connectivity index (χ4n) is 7.73. The van der Waals surface area contributed by atoms with Crippen molar-refractivity contribution in [2.75, 3.05) is 20.8 Å². The van der Waals surface area contributed by atoms with Crippen LogP contribution < -0.4 is 29.0 Å². The van der Waals surface area contributed by atoms with Gasteiger partial charge in [-0.1, -0.05) is 53.7 Å². The number of carbonyl (C=O) groups is 2. The zero-order valence-corrected chi connectivity index (χ0v) is 30.3. The highest BCUT2D eigenvalue weighted by molar-refractivity contribution is 5.94. The van der Waals surface area contributed by atoms with Gasteiger partial charge in [-0.15, -0.1) is 8.78 Å². The fourth-order valence-corrected chi connectivity index (χ4v) is 7.73. The standard InChI is InChI=1S/C38H45F2N3O8/c1-35(2,3)21-12-13-24(47-8)20(15-21)18-42-29-28(36(4,5)6)31(33(44)45)43(30(29)22-11-10-14-41-32(22)48-9)34(46)37(7)19-49-25-17-27-26(16-23(25)37)50-38(39,40)51-27/h10-17,28-31,42H,18-19H2,1-9H3,(H,44,45)/t28-,29-,30-,31-,37-/m0/s1. The molecule has 0 spiro atoms. The van der Waals surface area contributed by atoms with E-state index in [1.807, 2.05) is 32.9 Å². The monoisotopic (exact) mass is 709 g/mol. The molecule has 6 rings (SSSR count). The van der Waals surface area contributed by atoms with Crippen LogP contribution in [0.25, 0.3) is 0 Å². The normalized spacial score (nSPS) is 25.0. The molecule has 1 saturated heterocycles. The number of benzene rings is 2. The highest BCUT2D eigenvalue weighted by atomic mass is 19.3. The molecule has 3 aliphatic heterocycles. The minimum absolute atomic E-state index is 0.145. The fraction of sp³-hybridized carbons (Fsp3) is 0.500. The van der Waals surface area contributed by atoms with E-state index in [-0.39, 0.29) is 40.7 Å². The van der Waals surface area contributed by atoms with Gasteiger partial charge in [-0.2, -0.15) is 0 Å². The van der Waals surface area contributed by atoms with Gasteiger partial charge in [0, 0.05) is 47.5 Å². The molecule has 2 aromatic carbocycles. The minimum Gasteiger partial charge on any atom is -0.496 e. The Labute approximate surface area is 296 Å². The topological polar surface area (TPSA) is 129 Å². The first kappa shape index (κ1) is 36.2. The maximum absolute atomic E-state index is 15.3. The van der Waals surface area contributed by atoms with Gasteiger partial charge < -0.3 is 39.0 Å². The van der Waals surface area contributed by atoms with Crippen LogP contribution in [0.1, 0.15) is 76.8 Å². The van der Waals surface area contributed by atoms with Crippen LogP contribution in [0.4, 0.5) is 8.78 Å². The van der Waals surface area contributed by atoms with Crippen molar-refractivity contribution in [1.82, 2.24) is 15.2 Å². The number of carbonyl (C=O) groups excluding carboxylic acids is 1. The van der Waals surface area contributed by atoms with Gasteiger partial charge in [-0.3, -0.25) is 4.79 Å². The molecule has 51 heavy (non-hydrogen) atoms. The summed E-state index contributed by atoms with van der Waals surface area (Å²) in [5.74, 6) is -1.81. The maximum Gasteiger partial charge on any atom is 0.586 e. The van der Waals surface area contributed by atoms with E-state index in [1.165, 1.54) is 24.1 Å². The Morgan fingerprint density at radius 1 is 1.02 bits per heavy atom. The highest BCUT2D eigenvalue weighted by Crippen LogP contribution is 2.54. The number of carboxylic acid groups (broad SMARTS) is 1. The predicted octanol–water partition coefficient (Wildman–Crippen LogP) is 6.23. The minimum atomic E-state index is -3.88. The van der Waals surface area contributed by atoms with Crippen LogP contribution in [-0.4, -0.2) is 66.1 Å². The largest absolute Gasteiger partial charge is 0.586 e. The molecular weight excluding hydrogens is 664 g/mol. The lowest BCUT2D eigenvalue weighted by Gasteiger charge is -2.37. The first-order valence-corrected chi connectivity index (χ1v) is 16.8. The van der Waals surface area contributed by atoms with Crippen molar-refractivity contribution in [3.8, 4) is 28.9 Å². The average molecular weight is 710 g/mol. The van der Waals surface area contributed by atoms with E-state index in [0.717, 1.165) is 11.1 Å². The van der Waals surface area contributed by atoms with Gasteiger partial charge in [0.15, 0.2) is 11.5 Å². The van der Waals surface area contributed by atoms with E-state index in [2.05, 4.69) is 41.9 Å². The third kappa shape index (κ3) is 6.30. The van der Waals surface area contributed by atoms with Gasteiger partial charge in [0.2, 0.25) is 11.8 Å². The molecule has 13 heteroatoms. The number of hydrogen-bond donors (Lipinski definition) is 2. The van der Waals surface area contributed by atoms with Crippen molar-refractivity contribution < 1.29 is 47.2 Å². The molecule has 274 valence electrons. The van der Waals surface area contributed by atoms with E-state index in [1.54, 1.807) is 32.4 Å². The number of aromatic nitrogens is 1. The van der Waals surface area contributed by atoms with Gasteiger partial charge in [-0.25, -0.2) is 9.78 Å². The molecule has 3 aromatic rings. The van der Waals surface area contributed by atoms with Gasteiger partial charge >= 0.3 is 12.3 Å². The Bertz CT molecular complexity index is 1860. The van der Waals surface area contributed by atoms with Crippen LogP contribution in [0.2, 0.25) is 0 Å². The van der Waals surface area contributed by atoms with Crippen molar-refractivity contribution in [1.29, 1.82) is 0 Å². The van der Waals surface area contributed by atoms with Crippen LogP contribution in [-0.2, 0) is 27.0 Å². The molecule has 4 heterocycles. The molecule has 0 saturated carbocycles. The summed E-state index contributed by atoms with van der Waals surface area (Å²) in [6.07, 6.45) is -2.32. The lowest BCUT2D eigenvalue weighted by atomic mass is 9.72. The van der Waals surface area contributed by atoms with Crippen molar-refractivity contribution in [2.24, 2.45) is 11.3 Å². The second-order valence-corrected chi connectivity index (χ2v) is 15.7. The number of amides is 1. The van der Waals surface area contributed by atoms with Crippen LogP contribution in [0.15, 0.2) is 48.7 Å². The SMILES string of the molecule is COc1ccc(C(C)(C)C)cc1CN[C@H]1[C@H](C(C)(C)C)[C@@H](C(=O)O)N(C(=O)[C@@]2(C)COc3cc4c(cc32)OC(F)(F)O4)[C@H]1c1cccnc1OC. The number of ether oxygens (including phenoxy) is 5. The highest BCUT2D eigenvalue weighted by Gasteiger charge is 2.62. The Balaban J connectivity index is 1.50.